The summed E-state index contributed by atoms with van der Waals surface area (Å²) in [5.41, 5.74) is -0.451. The minimum atomic E-state index is -0.667. The van der Waals surface area contributed by atoms with Crippen LogP contribution in [0.4, 0.5) is 5.69 Å². The molecule has 2 heterocycles. The molecule has 114 valence electrons. The number of hydrogen-bond acceptors (Lipinski definition) is 5. The highest BCUT2D eigenvalue weighted by Crippen LogP contribution is 2.27. The second-order valence-electron chi connectivity index (χ2n) is 5.36. The first kappa shape index (κ1) is 15.7. The van der Waals surface area contributed by atoms with Crippen LogP contribution in [0.15, 0.2) is 12.3 Å². The zero-order valence-corrected chi connectivity index (χ0v) is 12.7. The molecule has 0 aromatic carbocycles. The van der Waals surface area contributed by atoms with Gasteiger partial charge >= 0.3 is 5.69 Å². The molecule has 1 fully saturated rings. The number of aromatic nitrogens is 1. The zero-order chi connectivity index (χ0) is 15.6. The third-order valence-electron chi connectivity index (χ3n) is 3.66. The number of pyridine rings is 1. The molecule has 0 saturated carbocycles. The zero-order valence-electron chi connectivity index (χ0n) is 12.0. The van der Waals surface area contributed by atoms with Crippen LogP contribution in [-0.4, -0.2) is 59.3 Å². The van der Waals surface area contributed by atoms with Gasteiger partial charge in [0, 0.05) is 26.3 Å². The Morgan fingerprint density at radius 2 is 2.38 bits per heavy atom. The lowest BCUT2D eigenvalue weighted by atomic mass is 10.1. The maximum atomic E-state index is 12.4. The summed E-state index contributed by atoms with van der Waals surface area (Å²) in [5.74, 6) is -0.0131. The largest absolute Gasteiger partial charge is 0.341 e. The molecule has 1 aromatic rings. The SMILES string of the molecule is CN1CCC(CN(C)C(=O)c2ccnc(Cl)c2[N+](=O)[O-])C1. The summed E-state index contributed by atoms with van der Waals surface area (Å²) in [5, 5.41) is 10.8. The molecular weight excluding hydrogens is 296 g/mol. The van der Waals surface area contributed by atoms with E-state index in [1.807, 2.05) is 7.05 Å². The van der Waals surface area contributed by atoms with Crippen molar-refractivity contribution in [3.05, 3.63) is 33.1 Å². The van der Waals surface area contributed by atoms with Gasteiger partial charge < -0.3 is 9.80 Å². The van der Waals surface area contributed by atoms with Crippen molar-refractivity contribution in [2.75, 3.05) is 33.7 Å². The normalized spacial score (nSPS) is 18.7. The summed E-state index contributed by atoms with van der Waals surface area (Å²) in [6.45, 7) is 2.50. The van der Waals surface area contributed by atoms with E-state index in [1.54, 1.807) is 7.05 Å². The number of rotatable bonds is 4. The summed E-state index contributed by atoms with van der Waals surface area (Å²) < 4.78 is 0. The van der Waals surface area contributed by atoms with Crippen molar-refractivity contribution in [2.45, 2.75) is 6.42 Å². The van der Waals surface area contributed by atoms with Gasteiger partial charge in [-0.1, -0.05) is 11.6 Å². The van der Waals surface area contributed by atoms with Crippen molar-refractivity contribution < 1.29 is 9.72 Å². The quantitative estimate of drug-likeness (QED) is 0.480. The Morgan fingerprint density at radius 1 is 1.67 bits per heavy atom. The number of nitro groups is 1. The van der Waals surface area contributed by atoms with Gasteiger partial charge in [0.15, 0.2) is 0 Å². The number of carbonyl (C=O) groups is 1. The van der Waals surface area contributed by atoms with Crippen molar-refractivity contribution in [2.24, 2.45) is 5.92 Å². The van der Waals surface area contributed by atoms with E-state index in [2.05, 4.69) is 9.88 Å². The van der Waals surface area contributed by atoms with Crippen molar-refractivity contribution in [3.8, 4) is 0 Å². The standard InChI is InChI=1S/C13H17ClN4O3/c1-16-6-4-9(7-16)8-17(2)13(19)10-3-5-15-12(14)11(10)18(20)21/h3,5,9H,4,6-8H2,1-2H3. The number of hydrogen-bond donors (Lipinski definition) is 0. The fraction of sp³-hybridized carbons (Fsp3) is 0.538. The van der Waals surface area contributed by atoms with Crippen LogP contribution in [0.25, 0.3) is 0 Å². The van der Waals surface area contributed by atoms with Crippen LogP contribution >= 0.6 is 11.6 Å². The van der Waals surface area contributed by atoms with E-state index in [9.17, 15) is 14.9 Å². The second kappa shape index (κ2) is 6.36. The summed E-state index contributed by atoms with van der Waals surface area (Å²) in [7, 11) is 3.69. The minimum Gasteiger partial charge on any atom is -0.341 e. The minimum absolute atomic E-state index is 0.0196. The van der Waals surface area contributed by atoms with E-state index in [0.29, 0.717) is 12.5 Å². The number of halogens is 1. The molecule has 0 radical (unpaired) electrons. The molecule has 1 unspecified atom stereocenters. The maximum Gasteiger partial charge on any atom is 0.319 e. The van der Waals surface area contributed by atoms with Gasteiger partial charge in [-0.15, -0.1) is 0 Å². The molecular formula is C13H17ClN4O3. The molecule has 8 heteroatoms. The van der Waals surface area contributed by atoms with Gasteiger partial charge in [0.1, 0.15) is 5.56 Å². The van der Waals surface area contributed by atoms with Gasteiger partial charge in [-0.05, 0) is 32.0 Å². The third-order valence-corrected chi connectivity index (χ3v) is 3.94. The molecule has 0 N–H and O–H groups in total. The summed E-state index contributed by atoms with van der Waals surface area (Å²) in [6.07, 6.45) is 2.33. The van der Waals surface area contributed by atoms with Crippen LogP contribution in [0.3, 0.4) is 0 Å². The Bertz CT molecular complexity index is 566. The highest BCUT2D eigenvalue weighted by molar-refractivity contribution is 6.32. The van der Waals surface area contributed by atoms with Crippen LogP contribution in [0, 0.1) is 16.0 Å². The first-order chi connectivity index (χ1) is 9.90. The summed E-state index contributed by atoms with van der Waals surface area (Å²) in [4.78, 5) is 30.2. The lowest BCUT2D eigenvalue weighted by Crippen LogP contribution is -2.33. The molecule has 21 heavy (non-hydrogen) atoms. The maximum absolute atomic E-state index is 12.4. The van der Waals surface area contributed by atoms with E-state index in [0.717, 1.165) is 19.5 Å². The molecule has 0 aliphatic carbocycles. The van der Waals surface area contributed by atoms with Gasteiger partial charge in [0.25, 0.3) is 5.91 Å². The van der Waals surface area contributed by atoms with Crippen molar-refractivity contribution in [1.82, 2.24) is 14.8 Å². The predicted octanol–water partition coefficient (Wildman–Crippen LogP) is 1.67. The van der Waals surface area contributed by atoms with Gasteiger partial charge in [0.05, 0.1) is 4.92 Å². The topological polar surface area (TPSA) is 79.6 Å². The van der Waals surface area contributed by atoms with Crippen LogP contribution in [-0.2, 0) is 0 Å². The molecule has 0 spiro atoms. The highest BCUT2D eigenvalue weighted by atomic mass is 35.5. The van der Waals surface area contributed by atoms with Gasteiger partial charge in [0.2, 0.25) is 5.15 Å². The Labute approximate surface area is 127 Å². The number of amides is 1. The molecule has 1 aromatic heterocycles. The molecule has 1 saturated heterocycles. The number of likely N-dealkylation sites (tertiary alicyclic amines) is 1. The van der Waals surface area contributed by atoms with E-state index in [1.165, 1.54) is 17.2 Å². The highest BCUT2D eigenvalue weighted by Gasteiger charge is 2.29. The molecule has 7 nitrogen and oxygen atoms in total. The van der Waals surface area contributed by atoms with E-state index >= 15 is 0 Å². The fourth-order valence-electron chi connectivity index (χ4n) is 2.63. The number of nitrogens with zero attached hydrogens (tertiary/aromatic N) is 4. The molecule has 1 aliphatic rings. The lowest BCUT2D eigenvalue weighted by molar-refractivity contribution is -0.385. The molecule has 2 rings (SSSR count). The first-order valence-corrected chi connectivity index (χ1v) is 7.01. The average molecular weight is 313 g/mol. The van der Waals surface area contributed by atoms with Crippen molar-refractivity contribution in [3.63, 3.8) is 0 Å². The van der Waals surface area contributed by atoms with Gasteiger partial charge in [-0.3, -0.25) is 14.9 Å². The average Bonchev–Trinajstić information content (AvgIpc) is 2.82. The summed E-state index contributed by atoms with van der Waals surface area (Å²) in [6, 6.07) is 1.34. The van der Waals surface area contributed by atoms with Gasteiger partial charge in [-0.25, -0.2) is 4.98 Å². The Kier molecular flexibility index (Phi) is 4.74. The predicted molar refractivity (Wildman–Crippen MR) is 78.5 cm³/mol. The molecule has 0 bridgehead atoms. The van der Waals surface area contributed by atoms with Crippen molar-refractivity contribution in [1.29, 1.82) is 0 Å². The Morgan fingerprint density at radius 3 is 2.95 bits per heavy atom. The monoisotopic (exact) mass is 312 g/mol. The van der Waals surface area contributed by atoms with E-state index in [4.69, 9.17) is 11.6 Å². The number of carbonyl (C=O) groups excluding carboxylic acids is 1. The van der Waals surface area contributed by atoms with E-state index in [-0.39, 0.29) is 10.7 Å². The third kappa shape index (κ3) is 3.48. The molecule has 1 aliphatic heterocycles. The fourth-order valence-corrected chi connectivity index (χ4v) is 2.85. The molecule has 1 atom stereocenters. The van der Waals surface area contributed by atoms with Gasteiger partial charge in [-0.2, -0.15) is 0 Å². The Balaban J connectivity index is 2.16. The Hall–Kier alpha value is -1.73. The smallest absolute Gasteiger partial charge is 0.319 e. The molecule has 1 amide bonds. The second-order valence-corrected chi connectivity index (χ2v) is 5.72. The van der Waals surface area contributed by atoms with Crippen LogP contribution in [0.2, 0.25) is 5.15 Å². The first-order valence-electron chi connectivity index (χ1n) is 6.63. The van der Waals surface area contributed by atoms with Crippen LogP contribution in [0.1, 0.15) is 16.8 Å². The van der Waals surface area contributed by atoms with Crippen molar-refractivity contribution >= 4 is 23.2 Å². The lowest BCUT2D eigenvalue weighted by Gasteiger charge is -2.21. The van der Waals surface area contributed by atoms with Crippen LogP contribution in [0.5, 0.6) is 0 Å². The van der Waals surface area contributed by atoms with E-state index < -0.39 is 16.5 Å². The van der Waals surface area contributed by atoms with Crippen LogP contribution < -0.4 is 0 Å². The summed E-state index contributed by atoms with van der Waals surface area (Å²) >= 11 is 5.73.